The van der Waals surface area contributed by atoms with Gasteiger partial charge in [0.2, 0.25) is 0 Å². The fourth-order valence-electron chi connectivity index (χ4n) is 2.61. The molecule has 2 fully saturated rings. The minimum Gasteiger partial charge on any atom is -0.315 e. The summed E-state index contributed by atoms with van der Waals surface area (Å²) in [6.07, 6.45) is 8.56. The van der Waals surface area contributed by atoms with Gasteiger partial charge in [-0.05, 0) is 45.3 Å². The van der Waals surface area contributed by atoms with Gasteiger partial charge in [-0.2, -0.15) is 0 Å². The molecule has 0 radical (unpaired) electrons. The molecule has 0 spiro atoms. The van der Waals surface area contributed by atoms with Crippen LogP contribution in [0.15, 0.2) is 0 Å². The molecule has 2 nitrogen and oxygen atoms in total. The highest BCUT2D eigenvalue weighted by molar-refractivity contribution is 4.79. The van der Waals surface area contributed by atoms with Crippen LogP contribution in [0, 0.1) is 0 Å². The van der Waals surface area contributed by atoms with Crippen LogP contribution < -0.4 is 5.32 Å². The lowest BCUT2D eigenvalue weighted by Gasteiger charge is -2.33. The maximum atomic E-state index is 3.51. The Morgan fingerprint density at radius 1 is 0.923 bits per heavy atom. The second kappa shape index (κ2) is 4.97. The number of hydrogen-bond acceptors (Lipinski definition) is 2. The van der Waals surface area contributed by atoms with Crippen LogP contribution in [0.4, 0.5) is 0 Å². The molecule has 0 aromatic rings. The topological polar surface area (TPSA) is 15.3 Å². The molecule has 2 heteroatoms. The third-order valence-electron chi connectivity index (χ3n) is 3.43. The summed E-state index contributed by atoms with van der Waals surface area (Å²) < 4.78 is 0. The van der Waals surface area contributed by atoms with Gasteiger partial charge in [-0.25, -0.2) is 0 Å². The molecule has 76 valence electrons. The smallest absolute Gasteiger partial charge is 0.0221 e. The van der Waals surface area contributed by atoms with Crippen molar-refractivity contribution < 1.29 is 0 Å². The molecular formula is C11H22N2. The third-order valence-corrected chi connectivity index (χ3v) is 3.43. The molecule has 2 rings (SSSR count). The van der Waals surface area contributed by atoms with Crippen LogP contribution in [0.5, 0.6) is 0 Å². The molecular weight excluding hydrogens is 160 g/mol. The van der Waals surface area contributed by atoms with Crippen molar-refractivity contribution in [2.24, 2.45) is 0 Å². The lowest BCUT2D eigenvalue weighted by Crippen LogP contribution is -2.46. The normalized spacial score (nSPS) is 32.8. The van der Waals surface area contributed by atoms with E-state index in [-0.39, 0.29) is 0 Å². The van der Waals surface area contributed by atoms with Gasteiger partial charge in [-0.3, -0.25) is 4.90 Å². The molecule has 2 saturated heterocycles. The SMILES string of the molecule is C1CCCN([C@@H]2CCCNC2)CC1. The Balaban J connectivity index is 1.82. The highest BCUT2D eigenvalue weighted by Gasteiger charge is 2.20. The molecule has 13 heavy (non-hydrogen) atoms. The standard InChI is InChI=1S/C11H22N2/c1-2-4-9-13(8-3-1)11-6-5-7-12-10-11/h11-12H,1-10H2/t11-/m1/s1. The minimum absolute atomic E-state index is 0.854. The Hall–Kier alpha value is -0.0800. The first-order valence-electron chi connectivity index (χ1n) is 5.91. The van der Waals surface area contributed by atoms with Gasteiger partial charge in [0.05, 0.1) is 0 Å². The Morgan fingerprint density at radius 2 is 1.69 bits per heavy atom. The van der Waals surface area contributed by atoms with Crippen molar-refractivity contribution in [3.05, 3.63) is 0 Å². The highest BCUT2D eigenvalue weighted by atomic mass is 15.2. The van der Waals surface area contributed by atoms with E-state index in [9.17, 15) is 0 Å². The molecule has 1 N–H and O–H groups in total. The number of likely N-dealkylation sites (tertiary alicyclic amines) is 1. The Morgan fingerprint density at radius 3 is 2.31 bits per heavy atom. The average Bonchev–Trinajstić information content (AvgIpc) is 2.47. The highest BCUT2D eigenvalue weighted by Crippen LogP contribution is 2.16. The maximum absolute atomic E-state index is 3.51. The Kier molecular flexibility index (Phi) is 3.62. The fraction of sp³-hybridized carbons (Fsp3) is 1.00. The predicted molar refractivity (Wildman–Crippen MR) is 55.9 cm³/mol. The molecule has 1 atom stereocenters. The van der Waals surface area contributed by atoms with Crippen molar-refractivity contribution in [2.75, 3.05) is 26.2 Å². The van der Waals surface area contributed by atoms with Gasteiger partial charge in [0, 0.05) is 12.6 Å². The summed E-state index contributed by atoms with van der Waals surface area (Å²) in [5.41, 5.74) is 0. The van der Waals surface area contributed by atoms with Gasteiger partial charge >= 0.3 is 0 Å². The zero-order valence-corrected chi connectivity index (χ0v) is 8.60. The number of nitrogens with one attached hydrogen (secondary N) is 1. The minimum atomic E-state index is 0.854. The molecule has 0 unspecified atom stereocenters. The summed E-state index contributed by atoms with van der Waals surface area (Å²) in [7, 11) is 0. The van der Waals surface area contributed by atoms with E-state index in [0.29, 0.717) is 0 Å². The zero-order valence-electron chi connectivity index (χ0n) is 8.60. The average molecular weight is 182 g/mol. The summed E-state index contributed by atoms with van der Waals surface area (Å²) in [5.74, 6) is 0. The summed E-state index contributed by atoms with van der Waals surface area (Å²) in [4.78, 5) is 2.72. The number of piperidine rings is 1. The van der Waals surface area contributed by atoms with Crippen molar-refractivity contribution in [3.63, 3.8) is 0 Å². The number of rotatable bonds is 1. The zero-order chi connectivity index (χ0) is 8.93. The Labute approximate surface area is 81.7 Å². The molecule has 0 amide bonds. The van der Waals surface area contributed by atoms with E-state index in [1.54, 1.807) is 0 Å². The van der Waals surface area contributed by atoms with Gasteiger partial charge in [-0.15, -0.1) is 0 Å². The summed E-state index contributed by atoms with van der Waals surface area (Å²) in [5, 5.41) is 3.51. The molecule has 2 aliphatic heterocycles. The fourth-order valence-corrected chi connectivity index (χ4v) is 2.61. The van der Waals surface area contributed by atoms with Crippen molar-refractivity contribution in [1.82, 2.24) is 10.2 Å². The van der Waals surface area contributed by atoms with Crippen LogP contribution in [-0.4, -0.2) is 37.1 Å². The first kappa shape index (κ1) is 9.47. The first-order chi connectivity index (χ1) is 6.47. The molecule has 0 saturated carbocycles. The largest absolute Gasteiger partial charge is 0.315 e. The number of nitrogens with zero attached hydrogens (tertiary/aromatic N) is 1. The summed E-state index contributed by atoms with van der Waals surface area (Å²) in [6, 6.07) is 0.854. The molecule has 2 heterocycles. The van der Waals surface area contributed by atoms with E-state index in [0.717, 1.165) is 6.04 Å². The molecule has 0 bridgehead atoms. The van der Waals surface area contributed by atoms with Crippen molar-refractivity contribution in [2.45, 2.75) is 44.6 Å². The van der Waals surface area contributed by atoms with Crippen LogP contribution in [0.3, 0.4) is 0 Å². The molecule has 0 aliphatic carbocycles. The quantitative estimate of drug-likeness (QED) is 0.663. The predicted octanol–water partition coefficient (Wildman–Crippen LogP) is 1.61. The first-order valence-corrected chi connectivity index (χ1v) is 5.91. The Bertz CT molecular complexity index is 133. The van der Waals surface area contributed by atoms with Crippen LogP contribution >= 0.6 is 0 Å². The van der Waals surface area contributed by atoms with Crippen molar-refractivity contribution >= 4 is 0 Å². The van der Waals surface area contributed by atoms with Crippen LogP contribution in [0.1, 0.15) is 38.5 Å². The van der Waals surface area contributed by atoms with E-state index in [4.69, 9.17) is 0 Å². The summed E-state index contributed by atoms with van der Waals surface area (Å²) >= 11 is 0. The van der Waals surface area contributed by atoms with E-state index in [2.05, 4.69) is 10.2 Å². The lowest BCUT2D eigenvalue weighted by atomic mass is 10.1. The van der Waals surface area contributed by atoms with Gasteiger partial charge in [0.25, 0.3) is 0 Å². The lowest BCUT2D eigenvalue weighted by molar-refractivity contribution is 0.172. The molecule has 2 aliphatic rings. The second-order valence-corrected chi connectivity index (χ2v) is 4.45. The van der Waals surface area contributed by atoms with E-state index in [1.165, 1.54) is 64.7 Å². The molecule has 0 aromatic carbocycles. The van der Waals surface area contributed by atoms with Gasteiger partial charge in [-0.1, -0.05) is 12.8 Å². The van der Waals surface area contributed by atoms with E-state index in [1.807, 2.05) is 0 Å². The molecule has 0 aromatic heterocycles. The van der Waals surface area contributed by atoms with Gasteiger partial charge < -0.3 is 5.32 Å². The van der Waals surface area contributed by atoms with Crippen molar-refractivity contribution in [3.8, 4) is 0 Å². The van der Waals surface area contributed by atoms with Crippen LogP contribution in [0.2, 0.25) is 0 Å². The van der Waals surface area contributed by atoms with Crippen molar-refractivity contribution in [1.29, 1.82) is 0 Å². The van der Waals surface area contributed by atoms with Crippen LogP contribution in [0.25, 0.3) is 0 Å². The van der Waals surface area contributed by atoms with Gasteiger partial charge in [0.1, 0.15) is 0 Å². The van der Waals surface area contributed by atoms with Gasteiger partial charge in [0.15, 0.2) is 0 Å². The van der Waals surface area contributed by atoms with E-state index < -0.39 is 0 Å². The van der Waals surface area contributed by atoms with E-state index >= 15 is 0 Å². The van der Waals surface area contributed by atoms with Crippen LogP contribution in [-0.2, 0) is 0 Å². The monoisotopic (exact) mass is 182 g/mol. The number of hydrogen-bond donors (Lipinski definition) is 1. The summed E-state index contributed by atoms with van der Waals surface area (Å²) in [6.45, 7) is 5.18. The third kappa shape index (κ3) is 2.68. The maximum Gasteiger partial charge on any atom is 0.0221 e. The second-order valence-electron chi connectivity index (χ2n) is 4.45.